The Hall–Kier alpha value is -0.820. The van der Waals surface area contributed by atoms with Gasteiger partial charge >= 0.3 is 0 Å². The third kappa shape index (κ3) is 7.98. The van der Waals surface area contributed by atoms with Gasteiger partial charge in [0.05, 0.1) is 0 Å². The van der Waals surface area contributed by atoms with E-state index in [0.29, 0.717) is 0 Å². The fourth-order valence-corrected chi connectivity index (χ4v) is 1.64. The molecule has 0 aromatic heterocycles. The lowest BCUT2D eigenvalue weighted by molar-refractivity contribution is 0.350. The second-order valence-corrected chi connectivity index (χ2v) is 3.89. The Bertz CT molecular complexity index is 259. The van der Waals surface area contributed by atoms with Crippen molar-refractivity contribution >= 4 is 0 Å². The van der Waals surface area contributed by atoms with Gasteiger partial charge in [-0.1, -0.05) is 57.6 Å². The number of hydrogen-bond donors (Lipinski definition) is 0. The summed E-state index contributed by atoms with van der Waals surface area (Å²) in [6, 6.07) is 0. The smallest absolute Gasteiger partial charge is 0.0193 e. The van der Waals surface area contributed by atoms with Crippen molar-refractivity contribution in [3.8, 4) is 0 Å². The lowest BCUT2D eigenvalue weighted by Gasteiger charge is -2.24. The Morgan fingerprint density at radius 1 is 1.24 bits per heavy atom. The van der Waals surface area contributed by atoms with Crippen molar-refractivity contribution in [2.75, 3.05) is 20.1 Å². The van der Waals surface area contributed by atoms with E-state index >= 15 is 0 Å². The molecule has 1 nitrogen and oxygen atoms in total. The zero-order chi connectivity index (χ0) is 13.8. The minimum absolute atomic E-state index is 1.11. The highest BCUT2D eigenvalue weighted by Crippen LogP contribution is 2.18. The molecule has 0 aromatic carbocycles. The molecule has 0 atom stereocenters. The van der Waals surface area contributed by atoms with Crippen LogP contribution >= 0.6 is 0 Å². The quantitative estimate of drug-likeness (QED) is 0.622. The summed E-state index contributed by atoms with van der Waals surface area (Å²) in [4.78, 5) is 2.36. The van der Waals surface area contributed by atoms with Crippen molar-refractivity contribution in [2.45, 2.75) is 48.0 Å². The van der Waals surface area contributed by atoms with Crippen molar-refractivity contribution in [1.82, 2.24) is 4.90 Å². The van der Waals surface area contributed by atoms with Crippen LogP contribution in [0.3, 0.4) is 0 Å². The summed E-state index contributed by atoms with van der Waals surface area (Å²) >= 11 is 0. The molecule has 0 saturated heterocycles. The maximum Gasteiger partial charge on any atom is 0.0193 e. The van der Waals surface area contributed by atoms with Crippen molar-refractivity contribution in [2.24, 2.45) is 0 Å². The molecular formula is C16H31N. The maximum absolute atomic E-state index is 3.76. The van der Waals surface area contributed by atoms with Gasteiger partial charge in [0.2, 0.25) is 0 Å². The largest absolute Gasteiger partial charge is 0.302 e. The first-order valence-corrected chi connectivity index (χ1v) is 6.81. The summed E-state index contributed by atoms with van der Waals surface area (Å²) in [5.41, 5.74) is 4.25. The average molecular weight is 237 g/mol. The highest BCUT2D eigenvalue weighted by atomic mass is 15.1. The van der Waals surface area contributed by atoms with Gasteiger partial charge in [0.1, 0.15) is 0 Å². The minimum atomic E-state index is 1.11. The van der Waals surface area contributed by atoms with E-state index in [1.807, 2.05) is 33.8 Å². The molecule has 0 aliphatic carbocycles. The predicted molar refractivity (Wildman–Crippen MR) is 81.5 cm³/mol. The van der Waals surface area contributed by atoms with Gasteiger partial charge in [-0.25, -0.2) is 0 Å². The molecule has 0 amide bonds. The molecular weight excluding hydrogens is 206 g/mol. The number of hydrogen-bond acceptors (Lipinski definition) is 1. The third-order valence-electron chi connectivity index (χ3n) is 2.54. The molecule has 1 heterocycles. The Balaban J connectivity index is 0. The van der Waals surface area contributed by atoms with E-state index in [0.717, 1.165) is 6.54 Å². The normalized spacial score (nSPS) is 16.5. The van der Waals surface area contributed by atoms with Crippen LogP contribution in [-0.4, -0.2) is 25.0 Å². The molecule has 0 fully saturated rings. The molecule has 0 unspecified atom stereocenters. The first kappa shape index (κ1) is 18.5. The van der Waals surface area contributed by atoms with Crippen molar-refractivity contribution < 1.29 is 0 Å². The standard InChI is InChI=1S/C12H19N.2C2H6/c1-5-10(2)8-12-6-7-13(4)9-11(12)3;2*1-2/h5,8H,1,6-7,9H2,2-4H3;2*1-2H3/b10-8-;;. The van der Waals surface area contributed by atoms with Crippen LogP contribution < -0.4 is 0 Å². The number of allylic oxidation sites excluding steroid dienone is 3. The number of rotatable bonds is 2. The van der Waals surface area contributed by atoms with Crippen LogP contribution in [0.15, 0.2) is 35.5 Å². The van der Waals surface area contributed by atoms with Gasteiger partial charge in [-0.05, 0) is 32.9 Å². The second kappa shape index (κ2) is 11.7. The summed E-state index contributed by atoms with van der Waals surface area (Å²) in [7, 11) is 2.17. The van der Waals surface area contributed by atoms with Crippen LogP contribution in [-0.2, 0) is 0 Å². The zero-order valence-electron chi connectivity index (χ0n) is 12.9. The molecule has 0 aromatic rings. The topological polar surface area (TPSA) is 3.24 Å². The van der Waals surface area contributed by atoms with Gasteiger partial charge in [-0.15, -0.1) is 0 Å². The molecule has 0 N–H and O–H groups in total. The van der Waals surface area contributed by atoms with E-state index in [2.05, 4.69) is 38.5 Å². The van der Waals surface area contributed by atoms with E-state index in [1.165, 1.54) is 29.7 Å². The molecule has 1 heteroatoms. The SMILES string of the molecule is C=C/C(C)=C\C1=C(C)CN(C)CC1.CC.CC. The van der Waals surface area contributed by atoms with E-state index in [9.17, 15) is 0 Å². The first-order valence-electron chi connectivity index (χ1n) is 6.81. The maximum atomic E-state index is 3.76. The summed E-state index contributed by atoms with van der Waals surface area (Å²) in [6.45, 7) is 18.4. The van der Waals surface area contributed by atoms with Crippen LogP contribution in [0.1, 0.15) is 48.0 Å². The molecule has 1 aliphatic heterocycles. The van der Waals surface area contributed by atoms with Crippen LogP contribution in [0.5, 0.6) is 0 Å². The lowest BCUT2D eigenvalue weighted by Crippen LogP contribution is -2.26. The predicted octanol–water partition coefficient (Wildman–Crippen LogP) is 4.82. The zero-order valence-corrected chi connectivity index (χ0v) is 12.9. The first-order chi connectivity index (χ1) is 8.13. The van der Waals surface area contributed by atoms with E-state index in [4.69, 9.17) is 0 Å². The summed E-state index contributed by atoms with van der Waals surface area (Å²) in [5, 5.41) is 0. The van der Waals surface area contributed by atoms with Crippen molar-refractivity contribution in [3.05, 3.63) is 35.5 Å². The van der Waals surface area contributed by atoms with Crippen LogP contribution in [0.25, 0.3) is 0 Å². The molecule has 0 spiro atoms. The molecule has 0 radical (unpaired) electrons. The molecule has 0 bridgehead atoms. The Morgan fingerprint density at radius 3 is 2.18 bits per heavy atom. The summed E-state index contributed by atoms with van der Waals surface area (Å²) in [5.74, 6) is 0. The number of nitrogens with zero attached hydrogens (tertiary/aromatic N) is 1. The Kier molecular flexibility index (Phi) is 12.7. The van der Waals surface area contributed by atoms with Crippen LogP contribution in [0, 0.1) is 0 Å². The van der Waals surface area contributed by atoms with Gasteiger partial charge < -0.3 is 4.90 Å². The second-order valence-electron chi connectivity index (χ2n) is 3.89. The van der Waals surface area contributed by atoms with Gasteiger partial charge in [-0.2, -0.15) is 0 Å². The van der Waals surface area contributed by atoms with E-state index in [1.54, 1.807) is 0 Å². The molecule has 17 heavy (non-hydrogen) atoms. The third-order valence-corrected chi connectivity index (χ3v) is 2.54. The van der Waals surface area contributed by atoms with Crippen LogP contribution in [0.4, 0.5) is 0 Å². The molecule has 1 aliphatic rings. The molecule has 100 valence electrons. The summed E-state index contributed by atoms with van der Waals surface area (Å²) in [6.07, 6.45) is 5.35. The monoisotopic (exact) mass is 237 g/mol. The van der Waals surface area contributed by atoms with Crippen LogP contribution in [0.2, 0.25) is 0 Å². The highest BCUT2D eigenvalue weighted by molar-refractivity contribution is 5.33. The highest BCUT2D eigenvalue weighted by Gasteiger charge is 2.10. The minimum Gasteiger partial charge on any atom is -0.302 e. The van der Waals surface area contributed by atoms with Gasteiger partial charge in [-0.3, -0.25) is 0 Å². The van der Waals surface area contributed by atoms with Crippen molar-refractivity contribution in [3.63, 3.8) is 0 Å². The molecule has 1 rings (SSSR count). The van der Waals surface area contributed by atoms with Gasteiger partial charge in [0, 0.05) is 13.1 Å². The van der Waals surface area contributed by atoms with E-state index < -0.39 is 0 Å². The Labute approximate surface area is 109 Å². The van der Waals surface area contributed by atoms with Gasteiger partial charge in [0.15, 0.2) is 0 Å². The number of likely N-dealkylation sites (N-methyl/N-ethyl adjacent to an activating group) is 1. The lowest BCUT2D eigenvalue weighted by atomic mass is 9.99. The molecule has 0 saturated carbocycles. The van der Waals surface area contributed by atoms with Crippen molar-refractivity contribution in [1.29, 1.82) is 0 Å². The summed E-state index contributed by atoms with van der Waals surface area (Å²) < 4.78 is 0. The van der Waals surface area contributed by atoms with E-state index in [-0.39, 0.29) is 0 Å². The van der Waals surface area contributed by atoms with Gasteiger partial charge in [0.25, 0.3) is 0 Å². The Morgan fingerprint density at radius 2 is 1.76 bits per heavy atom. The fourth-order valence-electron chi connectivity index (χ4n) is 1.64. The fraction of sp³-hybridized carbons (Fsp3) is 0.625. The average Bonchev–Trinajstić information content (AvgIpc) is 2.37.